The molecular formula is C27H25N3O3. The van der Waals surface area contributed by atoms with E-state index in [1.807, 2.05) is 72.8 Å². The lowest BCUT2D eigenvalue weighted by atomic mass is 9.90. The smallest absolute Gasteiger partial charge is 0.277 e. The summed E-state index contributed by atoms with van der Waals surface area (Å²) in [6.45, 7) is 0.791. The molecule has 6 heteroatoms. The molecule has 3 amide bonds. The number of amides is 3. The van der Waals surface area contributed by atoms with Gasteiger partial charge in [0.1, 0.15) is 5.71 Å². The molecule has 1 aliphatic heterocycles. The Morgan fingerprint density at radius 1 is 0.788 bits per heavy atom. The van der Waals surface area contributed by atoms with E-state index in [4.69, 9.17) is 0 Å². The van der Waals surface area contributed by atoms with Gasteiger partial charge in [-0.3, -0.25) is 14.4 Å². The maximum atomic E-state index is 13.0. The van der Waals surface area contributed by atoms with Crippen LogP contribution in [0.1, 0.15) is 39.4 Å². The lowest BCUT2D eigenvalue weighted by Crippen LogP contribution is -2.37. The SMILES string of the molecule is O=C(NCCCNC(=O)C(c1ccccc1)c1ccccc1)C1=NC(=O)c2ccccc2C1. The number of fused-ring (bicyclic) bond motifs is 1. The number of nitrogens with zero attached hydrogens (tertiary/aromatic N) is 1. The first-order chi connectivity index (χ1) is 16.1. The van der Waals surface area contributed by atoms with Crippen molar-refractivity contribution in [1.82, 2.24) is 10.6 Å². The summed E-state index contributed by atoms with van der Waals surface area (Å²) in [4.78, 5) is 41.5. The van der Waals surface area contributed by atoms with E-state index in [1.165, 1.54) is 0 Å². The Morgan fingerprint density at radius 2 is 1.36 bits per heavy atom. The quantitative estimate of drug-likeness (QED) is 0.528. The van der Waals surface area contributed by atoms with Crippen molar-refractivity contribution in [2.75, 3.05) is 13.1 Å². The summed E-state index contributed by atoms with van der Waals surface area (Å²) in [6, 6.07) is 26.5. The van der Waals surface area contributed by atoms with Crippen LogP contribution >= 0.6 is 0 Å². The second-order valence-electron chi connectivity index (χ2n) is 7.85. The molecule has 2 N–H and O–H groups in total. The summed E-state index contributed by atoms with van der Waals surface area (Å²) in [5.74, 6) is -1.22. The van der Waals surface area contributed by atoms with Crippen LogP contribution < -0.4 is 10.6 Å². The predicted molar refractivity (Wildman–Crippen MR) is 127 cm³/mol. The molecule has 4 rings (SSSR count). The van der Waals surface area contributed by atoms with Gasteiger partial charge in [-0.1, -0.05) is 78.9 Å². The third-order valence-electron chi connectivity index (χ3n) is 5.57. The van der Waals surface area contributed by atoms with E-state index in [1.54, 1.807) is 12.1 Å². The van der Waals surface area contributed by atoms with Crippen molar-refractivity contribution in [3.63, 3.8) is 0 Å². The number of rotatable bonds is 8. The van der Waals surface area contributed by atoms with E-state index in [0.29, 0.717) is 31.5 Å². The zero-order chi connectivity index (χ0) is 23.0. The molecule has 0 saturated heterocycles. The fourth-order valence-electron chi connectivity index (χ4n) is 3.91. The van der Waals surface area contributed by atoms with Crippen molar-refractivity contribution in [3.05, 3.63) is 107 Å². The average Bonchev–Trinajstić information content (AvgIpc) is 2.85. The summed E-state index contributed by atoms with van der Waals surface area (Å²) in [7, 11) is 0. The van der Waals surface area contributed by atoms with E-state index in [-0.39, 0.29) is 23.4 Å². The minimum absolute atomic E-state index is 0.0856. The van der Waals surface area contributed by atoms with Crippen LogP contribution in [0.2, 0.25) is 0 Å². The minimum atomic E-state index is -0.398. The maximum absolute atomic E-state index is 13.0. The number of nitrogens with one attached hydrogen (secondary N) is 2. The van der Waals surface area contributed by atoms with Crippen LogP contribution in [0.3, 0.4) is 0 Å². The lowest BCUT2D eigenvalue weighted by Gasteiger charge is -2.18. The van der Waals surface area contributed by atoms with Gasteiger partial charge < -0.3 is 10.6 Å². The first-order valence-corrected chi connectivity index (χ1v) is 11.0. The van der Waals surface area contributed by atoms with Gasteiger partial charge >= 0.3 is 0 Å². The first-order valence-electron chi connectivity index (χ1n) is 11.0. The third kappa shape index (κ3) is 5.41. The second-order valence-corrected chi connectivity index (χ2v) is 7.85. The van der Waals surface area contributed by atoms with Crippen molar-refractivity contribution in [3.8, 4) is 0 Å². The second kappa shape index (κ2) is 10.5. The van der Waals surface area contributed by atoms with Crippen LogP contribution in [0.15, 0.2) is 89.9 Å². The highest BCUT2D eigenvalue weighted by molar-refractivity contribution is 6.42. The van der Waals surface area contributed by atoms with Gasteiger partial charge in [0.25, 0.3) is 11.8 Å². The van der Waals surface area contributed by atoms with Gasteiger partial charge in [-0.2, -0.15) is 0 Å². The van der Waals surface area contributed by atoms with Crippen LogP contribution in [0.4, 0.5) is 0 Å². The number of hydrogen-bond acceptors (Lipinski definition) is 3. The highest BCUT2D eigenvalue weighted by atomic mass is 16.2. The van der Waals surface area contributed by atoms with E-state index in [9.17, 15) is 14.4 Å². The van der Waals surface area contributed by atoms with Gasteiger partial charge in [0, 0.05) is 25.1 Å². The molecule has 0 fully saturated rings. The topological polar surface area (TPSA) is 87.6 Å². The van der Waals surface area contributed by atoms with Crippen LogP contribution in [-0.2, 0) is 16.0 Å². The van der Waals surface area contributed by atoms with Crippen LogP contribution in [0.5, 0.6) is 0 Å². The fourth-order valence-corrected chi connectivity index (χ4v) is 3.91. The Hall–Kier alpha value is -4.06. The van der Waals surface area contributed by atoms with Crippen molar-refractivity contribution in [2.24, 2.45) is 4.99 Å². The Balaban J connectivity index is 1.28. The summed E-state index contributed by atoms with van der Waals surface area (Å²) in [6.07, 6.45) is 0.895. The molecule has 6 nitrogen and oxygen atoms in total. The molecule has 0 spiro atoms. The van der Waals surface area contributed by atoms with Crippen molar-refractivity contribution >= 4 is 23.4 Å². The highest BCUT2D eigenvalue weighted by Crippen LogP contribution is 2.24. The molecule has 3 aromatic rings. The molecule has 0 unspecified atom stereocenters. The molecular weight excluding hydrogens is 414 g/mol. The van der Waals surface area contributed by atoms with Gasteiger partial charge in [0.05, 0.1) is 5.92 Å². The molecule has 1 heterocycles. The maximum Gasteiger partial charge on any atom is 0.277 e. The first kappa shape index (κ1) is 22.1. The molecule has 1 aliphatic rings. The van der Waals surface area contributed by atoms with Crippen LogP contribution in [0, 0.1) is 0 Å². The summed E-state index contributed by atoms with van der Waals surface area (Å²) in [5, 5.41) is 5.78. The molecule has 33 heavy (non-hydrogen) atoms. The van der Waals surface area contributed by atoms with Crippen LogP contribution in [-0.4, -0.2) is 36.5 Å². The highest BCUT2D eigenvalue weighted by Gasteiger charge is 2.24. The number of aliphatic imine (C=N–C) groups is 1. The minimum Gasteiger partial charge on any atom is -0.355 e. The largest absolute Gasteiger partial charge is 0.355 e. The van der Waals surface area contributed by atoms with Gasteiger partial charge in [0.2, 0.25) is 5.91 Å². The summed E-state index contributed by atoms with van der Waals surface area (Å²) < 4.78 is 0. The van der Waals surface area contributed by atoms with E-state index in [2.05, 4.69) is 15.6 Å². The van der Waals surface area contributed by atoms with Crippen LogP contribution in [0.25, 0.3) is 0 Å². The number of carbonyl (C=O) groups excluding carboxylic acids is 3. The average molecular weight is 440 g/mol. The molecule has 0 saturated carbocycles. The lowest BCUT2D eigenvalue weighted by molar-refractivity contribution is -0.121. The van der Waals surface area contributed by atoms with E-state index in [0.717, 1.165) is 16.7 Å². The Bertz CT molecular complexity index is 1130. The molecule has 0 bridgehead atoms. The zero-order valence-electron chi connectivity index (χ0n) is 18.2. The Labute approximate surface area is 192 Å². The standard InChI is InChI=1S/C27H25N3O3/c31-25-22-15-8-7-14-21(22)18-23(30-25)26(32)28-16-9-17-29-27(33)24(19-10-3-1-4-11-19)20-12-5-2-6-13-20/h1-8,10-15,24H,9,16-18H2,(H,28,32)(H,29,33). The number of hydrogen-bond donors (Lipinski definition) is 2. The van der Waals surface area contributed by atoms with E-state index < -0.39 is 5.92 Å². The monoisotopic (exact) mass is 439 g/mol. The van der Waals surface area contributed by atoms with Gasteiger partial charge in [-0.25, -0.2) is 4.99 Å². The van der Waals surface area contributed by atoms with Gasteiger partial charge in [-0.05, 0) is 29.2 Å². The van der Waals surface area contributed by atoms with Crippen molar-refractivity contribution in [1.29, 1.82) is 0 Å². The summed E-state index contributed by atoms with van der Waals surface area (Å²) >= 11 is 0. The number of benzene rings is 3. The Morgan fingerprint density at radius 3 is 2.03 bits per heavy atom. The van der Waals surface area contributed by atoms with Gasteiger partial charge in [0.15, 0.2) is 0 Å². The predicted octanol–water partition coefficient (Wildman–Crippen LogP) is 3.28. The molecule has 0 radical (unpaired) electrons. The normalized spacial score (nSPS) is 12.6. The fraction of sp³-hybridized carbons (Fsp3) is 0.185. The zero-order valence-corrected chi connectivity index (χ0v) is 18.2. The van der Waals surface area contributed by atoms with Gasteiger partial charge in [-0.15, -0.1) is 0 Å². The number of carbonyl (C=O) groups is 3. The molecule has 3 aromatic carbocycles. The molecule has 0 aliphatic carbocycles. The molecule has 0 atom stereocenters. The van der Waals surface area contributed by atoms with Crippen molar-refractivity contribution < 1.29 is 14.4 Å². The summed E-state index contributed by atoms with van der Waals surface area (Å²) in [5.41, 5.74) is 3.42. The molecule has 0 aromatic heterocycles. The molecule has 166 valence electrons. The van der Waals surface area contributed by atoms with Crippen molar-refractivity contribution in [2.45, 2.75) is 18.8 Å². The third-order valence-corrected chi connectivity index (χ3v) is 5.57. The van der Waals surface area contributed by atoms with E-state index >= 15 is 0 Å². The Kier molecular flexibility index (Phi) is 7.05.